The number of fused-ring (bicyclic) bond motifs is 5. The van der Waals surface area contributed by atoms with Crippen LogP contribution in [0.15, 0.2) is 27.8 Å². The Morgan fingerprint density at radius 1 is 1.11 bits per heavy atom. The van der Waals surface area contributed by atoms with Gasteiger partial charge in [-0.15, -0.1) is 0 Å². The Hall–Kier alpha value is -1.42. The molecule has 35 heavy (non-hydrogen) atoms. The number of aliphatic hydroxyl groups excluding tert-OH is 1. The molecule has 4 aliphatic carbocycles. The zero-order chi connectivity index (χ0) is 25.1. The molecule has 1 amide bonds. The number of nitrogens with zero attached hydrogens (tertiary/aromatic N) is 1. The van der Waals surface area contributed by atoms with E-state index in [1.807, 2.05) is 0 Å². The number of allylic oxidation sites excluding steroid dienone is 3. The van der Waals surface area contributed by atoms with Gasteiger partial charge in [-0.2, -0.15) is 0 Å². The van der Waals surface area contributed by atoms with E-state index in [0.717, 1.165) is 44.6 Å². The van der Waals surface area contributed by atoms with E-state index in [-0.39, 0.29) is 23.3 Å². The van der Waals surface area contributed by atoms with Crippen LogP contribution in [0.3, 0.4) is 0 Å². The number of hydrogen-bond acceptors (Lipinski definition) is 3. The predicted molar refractivity (Wildman–Crippen MR) is 143 cm³/mol. The van der Waals surface area contributed by atoms with Crippen LogP contribution < -0.4 is 5.32 Å². The zero-order valence-electron chi connectivity index (χ0n) is 23.0. The largest absolute Gasteiger partial charge is 0.391 e. The molecule has 3 saturated carbocycles. The van der Waals surface area contributed by atoms with Gasteiger partial charge in [0.15, 0.2) is 0 Å². The summed E-state index contributed by atoms with van der Waals surface area (Å²) in [5, 5.41) is 14.3. The number of aliphatic imine (C=N–C) groups is 1. The molecule has 5 aliphatic rings. The first-order chi connectivity index (χ1) is 16.6. The lowest BCUT2D eigenvalue weighted by atomic mass is 9.47. The first-order valence-electron chi connectivity index (χ1n) is 14.4. The van der Waals surface area contributed by atoms with Crippen LogP contribution in [0.2, 0.25) is 0 Å². The molecular weight excluding hydrogens is 432 g/mol. The second-order valence-electron chi connectivity index (χ2n) is 13.5. The minimum Gasteiger partial charge on any atom is -0.391 e. The Morgan fingerprint density at radius 2 is 1.83 bits per heavy atom. The fourth-order valence-corrected chi connectivity index (χ4v) is 9.70. The Balaban J connectivity index is 1.35. The van der Waals surface area contributed by atoms with Gasteiger partial charge >= 0.3 is 0 Å². The summed E-state index contributed by atoms with van der Waals surface area (Å²) in [5.74, 6) is 2.97. The Bertz CT molecular complexity index is 959. The summed E-state index contributed by atoms with van der Waals surface area (Å²) in [6.45, 7) is 14.6. The lowest BCUT2D eigenvalue weighted by Crippen LogP contribution is -2.58. The van der Waals surface area contributed by atoms with Gasteiger partial charge in [0.1, 0.15) is 0 Å². The number of carbonyl (C=O) groups is 1. The van der Waals surface area contributed by atoms with Crippen LogP contribution in [0.1, 0.15) is 99.3 Å². The summed E-state index contributed by atoms with van der Waals surface area (Å²) < 4.78 is 0. The summed E-state index contributed by atoms with van der Waals surface area (Å²) >= 11 is 0. The smallest absolute Gasteiger partial charge is 0.217 e. The van der Waals surface area contributed by atoms with E-state index in [9.17, 15) is 9.90 Å². The maximum atomic E-state index is 11.7. The first kappa shape index (κ1) is 25.2. The molecule has 4 nitrogen and oxygen atoms in total. The van der Waals surface area contributed by atoms with Crippen LogP contribution >= 0.6 is 0 Å². The second kappa shape index (κ2) is 9.15. The monoisotopic (exact) mass is 480 g/mol. The molecule has 0 radical (unpaired) electrons. The fourth-order valence-electron chi connectivity index (χ4n) is 9.70. The SMILES string of the molecule is CC(=O)N[C@H]1CC[C@@]2(C)C(CC=C3[C@@H]4CC[C@H]([C@H](C)CC5=NCCC5=C(C)C)[C@@]4(C)CC[C@@H]32)[C@H]1O. The lowest BCUT2D eigenvalue weighted by Gasteiger charge is -2.59. The molecular formula is C31H48N2O2. The first-order valence-corrected chi connectivity index (χ1v) is 14.4. The van der Waals surface area contributed by atoms with Gasteiger partial charge in [-0.3, -0.25) is 9.79 Å². The predicted octanol–water partition coefficient (Wildman–Crippen LogP) is 6.25. The van der Waals surface area contributed by atoms with Crippen molar-refractivity contribution in [3.63, 3.8) is 0 Å². The van der Waals surface area contributed by atoms with Crippen LogP contribution in [0.25, 0.3) is 0 Å². The minimum absolute atomic E-state index is 0.0236. The van der Waals surface area contributed by atoms with Crippen molar-refractivity contribution in [1.29, 1.82) is 0 Å². The van der Waals surface area contributed by atoms with Crippen molar-refractivity contribution in [3.05, 3.63) is 22.8 Å². The van der Waals surface area contributed by atoms with Crippen LogP contribution in [0.5, 0.6) is 0 Å². The molecule has 2 N–H and O–H groups in total. The Labute approximate surface area is 213 Å². The van der Waals surface area contributed by atoms with E-state index in [4.69, 9.17) is 4.99 Å². The van der Waals surface area contributed by atoms with Crippen molar-refractivity contribution >= 4 is 11.6 Å². The summed E-state index contributed by atoms with van der Waals surface area (Å²) in [6.07, 6.45) is 12.6. The number of carbonyl (C=O) groups excluding carboxylic acids is 1. The molecule has 0 aromatic heterocycles. The highest BCUT2D eigenvalue weighted by molar-refractivity contribution is 6.02. The third-order valence-corrected chi connectivity index (χ3v) is 11.5. The molecule has 0 bridgehead atoms. The molecule has 9 atom stereocenters. The van der Waals surface area contributed by atoms with Gasteiger partial charge in [-0.05, 0) is 118 Å². The fraction of sp³-hybridized carbons (Fsp3) is 0.806. The average Bonchev–Trinajstić information content (AvgIpc) is 3.39. The maximum absolute atomic E-state index is 11.7. The quantitative estimate of drug-likeness (QED) is 0.467. The highest BCUT2D eigenvalue weighted by atomic mass is 16.3. The third kappa shape index (κ3) is 4.06. The van der Waals surface area contributed by atoms with E-state index in [1.54, 1.807) is 12.5 Å². The minimum atomic E-state index is -0.434. The van der Waals surface area contributed by atoms with E-state index < -0.39 is 6.10 Å². The van der Waals surface area contributed by atoms with Gasteiger partial charge in [-0.25, -0.2) is 0 Å². The number of amides is 1. The number of hydrogen-bond donors (Lipinski definition) is 2. The maximum Gasteiger partial charge on any atom is 0.217 e. The molecule has 1 heterocycles. The molecule has 1 unspecified atom stereocenters. The van der Waals surface area contributed by atoms with Crippen molar-refractivity contribution in [2.24, 2.45) is 45.4 Å². The van der Waals surface area contributed by atoms with E-state index >= 15 is 0 Å². The zero-order valence-corrected chi connectivity index (χ0v) is 23.0. The van der Waals surface area contributed by atoms with Crippen LogP contribution in [-0.4, -0.2) is 35.4 Å². The Kier molecular flexibility index (Phi) is 6.60. The Morgan fingerprint density at radius 3 is 2.54 bits per heavy atom. The van der Waals surface area contributed by atoms with Crippen molar-refractivity contribution in [3.8, 4) is 0 Å². The molecule has 0 aromatic rings. The lowest BCUT2D eigenvalue weighted by molar-refractivity contribution is -0.125. The standard InChI is InChI=1S/C31H48N2O2/c1-18(2)21-13-16-32-28(21)17-19(3)23-9-10-24-22-7-8-26-29(35)27(33-20(4)34)12-15-31(26,6)25(22)11-14-30(23,24)5/h7,19,23-27,29,35H,8-17H2,1-6H3,(H,33,34)/t19-,23-,24+,25+,26?,27+,29-,30-,31-/m1/s1. The van der Waals surface area contributed by atoms with Gasteiger partial charge < -0.3 is 10.4 Å². The molecule has 1 aliphatic heterocycles. The molecule has 4 heteroatoms. The van der Waals surface area contributed by atoms with Crippen LogP contribution in [0, 0.1) is 40.4 Å². The van der Waals surface area contributed by atoms with Gasteiger partial charge in [0.25, 0.3) is 0 Å². The van der Waals surface area contributed by atoms with Gasteiger partial charge in [0.2, 0.25) is 5.91 Å². The number of rotatable bonds is 4. The summed E-state index contributed by atoms with van der Waals surface area (Å²) in [7, 11) is 0. The van der Waals surface area contributed by atoms with Crippen molar-refractivity contribution in [1.82, 2.24) is 5.32 Å². The van der Waals surface area contributed by atoms with E-state index in [0.29, 0.717) is 23.2 Å². The topological polar surface area (TPSA) is 61.7 Å². The average molecular weight is 481 g/mol. The molecule has 194 valence electrons. The van der Waals surface area contributed by atoms with Crippen molar-refractivity contribution < 1.29 is 9.90 Å². The van der Waals surface area contributed by atoms with Crippen molar-refractivity contribution in [2.75, 3.05) is 6.54 Å². The molecule has 3 fully saturated rings. The molecule has 0 spiro atoms. The molecule has 0 aromatic carbocycles. The summed E-state index contributed by atoms with van der Waals surface area (Å²) in [5.41, 5.74) is 6.66. The van der Waals surface area contributed by atoms with Gasteiger partial charge in [0, 0.05) is 19.2 Å². The highest BCUT2D eigenvalue weighted by Crippen LogP contribution is 2.67. The molecule has 0 saturated heterocycles. The van der Waals surface area contributed by atoms with E-state index in [1.165, 1.54) is 42.5 Å². The van der Waals surface area contributed by atoms with E-state index in [2.05, 4.69) is 46.0 Å². The van der Waals surface area contributed by atoms with Crippen LogP contribution in [0.4, 0.5) is 0 Å². The normalized spacial score (nSPS) is 43.5. The number of nitrogens with one attached hydrogen (secondary N) is 1. The second-order valence-corrected chi connectivity index (χ2v) is 13.5. The van der Waals surface area contributed by atoms with Crippen molar-refractivity contribution in [2.45, 2.75) is 111 Å². The highest BCUT2D eigenvalue weighted by Gasteiger charge is 2.59. The van der Waals surface area contributed by atoms with Gasteiger partial charge in [-0.1, -0.05) is 38.0 Å². The number of aliphatic hydroxyl groups is 1. The molecule has 5 rings (SSSR count). The summed E-state index contributed by atoms with van der Waals surface area (Å²) in [6, 6.07) is -0.0877. The van der Waals surface area contributed by atoms with Gasteiger partial charge in [0.05, 0.1) is 12.1 Å². The third-order valence-electron chi connectivity index (χ3n) is 11.5. The van der Waals surface area contributed by atoms with Crippen LogP contribution in [-0.2, 0) is 4.79 Å². The summed E-state index contributed by atoms with van der Waals surface area (Å²) in [4.78, 5) is 16.6.